The predicted octanol–water partition coefficient (Wildman–Crippen LogP) is 0.133. The molecule has 1 unspecified atom stereocenters. The molecule has 0 spiro atoms. The second kappa shape index (κ2) is 8.35. The molecule has 3 N–H and O–H groups in total. The third kappa shape index (κ3) is 7.04. The van der Waals surface area contributed by atoms with Crippen LogP contribution in [0.1, 0.15) is 12.5 Å². The Balaban J connectivity index is 2.60. The fraction of sp³-hybridized carbons (Fsp3) is 0.385. The third-order valence-electron chi connectivity index (χ3n) is 2.47. The van der Waals surface area contributed by atoms with E-state index in [0.717, 1.165) is 5.56 Å². The van der Waals surface area contributed by atoms with Gasteiger partial charge in [0.25, 0.3) is 0 Å². The Bertz CT molecular complexity index is 602. The van der Waals surface area contributed by atoms with Crippen LogP contribution in [0.5, 0.6) is 0 Å². The van der Waals surface area contributed by atoms with Crippen LogP contribution < -0.4 is 10.5 Å². The van der Waals surface area contributed by atoms with Gasteiger partial charge in [0, 0.05) is 0 Å². The number of carbonyl (C=O) groups excluding carboxylic acids is 2. The SMILES string of the molecule is CCOC(=O)C(CS(N)(=O)=O)NC(=O)OCc1ccccc1. The second-order valence-electron chi connectivity index (χ2n) is 4.34. The van der Waals surface area contributed by atoms with Crippen molar-refractivity contribution in [1.29, 1.82) is 0 Å². The average Bonchev–Trinajstić information content (AvgIpc) is 2.44. The average molecular weight is 330 g/mol. The van der Waals surface area contributed by atoms with Gasteiger partial charge in [-0.1, -0.05) is 30.3 Å². The van der Waals surface area contributed by atoms with Crippen LogP contribution in [0.3, 0.4) is 0 Å². The Morgan fingerprint density at radius 1 is 1.23 bits per heavy atom. The predicted molar refractivity (Wildman–Crippen MR) is 78.2 cm³/mol. The second-order valence-corrected chi connectivity index (χ2v) is 6.00. The number of hydrogen-bond acceptors (Lipinski definition) is 6. The molecule has 0 bridgehead atoms. The van der Waals surface area contributed by atoms with E-state index in [1.165, 1.54) is 0 Å². The number of nitrogens with one attached hydrogen (secondary N) is 1. The molecule has 0 radical (unpaired) electrons. The molecule has 1 atom stereocenters. The highest BCUT2D eigenvalue weighted by molar-refractivity contribution is 7.89. The number of nitrogens with two attached hydrogens (primary N) is 1. The Morgan fingerprint density at radius 2 is 1.86 bits per heavy atom. The minimum atomic E-state index is -3.97. The largest absolute Gasteiger partial charge is 0.464 e. The van der Waals surface area contributed by atoms with Crippen LogP contribution in [0.4, 0.5) is 4.79 Å². The molecule has 0 saturated heterocycles. The number of hydrogen-bond donors (Lipinski definition) is 2. The van der Waals surface area contributed by atoms with Crippen LogP contribution in [-0.4, -0.2) is 38.9 Å². The van der Waals surface area contributed by atoms with E-state index >= 15 is 0 Å². The van der Waals surface area contributed by atoms with Crippen LogP contribution in [0.25, 0.3) is 0 Å². The third-order valence-corrected chi connectivity index (χ3v) is 3.27. The topological polar surface area (TPSA) is 125 Å². The summed E-state index contributed by atoms with van der Waals surface area (Å²) in [5.41, 5.74) is 0.747. The van der Waals surface area contributed by atoms with Crippen LogP contribution >= 0.6 is 0 Å². The molecule has 9 heteroatoms. The van der Waals surface area contributed by atoms with Gasteiger partial charge < -0.3 is 14.8 Å². The summed E-state index contributed by atoms with van der Waals surface area (Å²) in [7, 11) is -3.97. The van der Waals surface area contributed by atoms with Gasteiger partial charge in [-0.2, -0.15) is 0 Å². The summed E-state index contributed by atoms with van der Waals surface area (Å²) in [6, 6.07) is 7.45. The number of benzene rings is 1. The monoisotopic (exact) mass is 330 g/mol. The maximum atomic E-state index is 11.6. The first-order valence-electron chi connectivity index (χ1n) is 6.46. The van der Waals surface area contributed by atoms with E-state index in [1.807, 2.05) is 6.07 Å². The molecule has 0 heterocycles. The molecule has 0 aliphatic rings. The van der Waals surface area contributed by atoms with E-state index in [1.54, 1.807) is 31.2 Å². The van der Waals surface area contributed by atoms with Gasteiger partial charge in [-0.05, 0) is 12.5 Å². The van der Waals surface area contributed by atoms with Crippen LogP contribution in [0.2, 0.25) is 0 Å². The number of carbonyl (C=O) groups is 2. The van der Waals surface area contributed by atoms with Gasteiger partial charge in [0.05, 0.1) is 12.4 Å². The number of rotatable bonds is 7. The number of primary sulfonamides is 1. The van der Waals surface area contributed by atoms with E-state index in [4.69, 9.17) is 9.88 Å². The standard InChI is InChI=1S/C13H18N2O6S/c1-2-20-12(16)11(9-22(14,18)19)15-13(17)21-8-10-6-4-3-5-7-10/h3-7,11H,2,8-9H2,1H3,(H,15,17)(H2,14,18,19). The van der Waals surface area contributed by atoms with E-state index in [-0.39, 0.29) is 13.2 Å². The summed E-state index contributed by atoms with van der Waals surface area (Å²) in [5, 5.41) is 7.02. The minimum absolute atomic E-state index is 0.0163. The minimum Gasteiger partial charge on any atom is -0.464 e. The fourth-order valence-corrected chi connectivity index (χ4v) is 2.23. The van der Waals surface area contributed by atoms with Crippen molar-refractivity contribution in [2.45, 2.75) is 19.6 Å². The van der Waals surface area contributed by atoms with E-state index in [2.05, 4.69) is 10.1 Å². The Morgan fingerprint density at radius 3 is 2.41 bits per heavy atom. The van der Waals surface area contributed by atoms with Gasteiger partial charge in [-0.3, -0.25) is 0 Å². The first kappa shape index (κ1) is 17.9. The molecule has 122 valence electrons. The Labute approximate surface area is 128 Å². The highest BCUT2D eigenvalue weighted by atomic mass is 32.2. The quantitative estimate of drug-likeness (QED) is 0.685. The van der Waals surface area contributed by atoms with Crippen molar-refractivity contribution in [2.75, 3.05) is 12.4 Å². The van der Waals surface area contributed by atoms with Crippen LogP contribution in [-0.2, 0) is 30.9 Å². The molecule has 0 aromatic heterocycles. The number of alkyl carbamates (subject to hydrolysis) is 1. The number of ether oxygens (including phenoxy) is 2. The number of amides is 1. The zero-order valence-electron chi connectivity index (χ0n) is 12.0. The van der Waals surface area contributed by atoms with Gasteiger partial charge in [-0.15, -0.1) is 0 Å². The van der Waals surface area contributed by atoms with Crippen molar-refractivity contribution in [3.63, 3.8) is 0 Å². The molecule has 0 saturated carbocycles. The lowest BCUT2D eigenvalue weighted by Gasteiger charge is -2.16. The van der Waals surface area contributed by atoms with Crippen molar-refractivity contribution in [3.05, 3.63) is 35.9 Å². The molecular weight excluding hydrogens is 312 g/mol. The van der Waals surface area contributed by atoms with Gasteiger partial charge in [0.15, 0.2) is 0 Å². The van der Waals surface area contributed by atoms with Crippen molar-refractivity contribution in [2.24, 2.45) is 5.14 Å². The lowest BCUT2D eigenvalue weighted by molar-refractivity contribution is -0.144. The maximum absolute atomic E-state index is 11.6. The van der Waals surface area contributed by atoms with Gasteiger partial charge in [0.2, 0.25) is 10.0 Å². The molecule has 8 nitrogen and oxygen atoms in total. The van der Waals surface area contributed by atoms with Crippen molar-refractivity contribution < 1.29 is 27.5 Å². The smallest absolute Gasteiger partial charge is 0.408 e. The summed E-state index contributed by atoms with van der Waals surface area (Å²) in [6.45, 7) is 1.58. The summed E-state index contributed by atoms with van der Waals surface area (Å²) >= 11 is 0. The van der Waals surface area contributed by atoms with Gasteiger partial charge >= 0.3 is 12.1 Å². The summed E-state index contributed by atoms with van der Waals surface area (Å²) < 4.78 is 31.8. The summed E-state index contributed by atoms with van der Waals surface area (Å²) in [4.78, 5) is 23.3. The van der Waals surface area contributed by atoms with Crippen molar-refractivity contribution in [1.82, 2.24) is 5.32 Å². The molecule has 0 aliphatic carbocycles. The Kier molecular flexibility index (Phi) is 6.80. The van der Waals surface area contributed by atoms with Crippen LogP contribution in [0.15, 0.2) is 30.3 Å². The molecule has 1 aromatic carbocycles. The first-order chi connectivity index (χ1) is 10.3. The van der Waals surface area contributed by atoms with Gasteiger partial charge in [0.1, 0.15) is 12.6 Å². The van der Waals surface area contributed by atoms with Crippen molar-refractivity contribution >= 4 is 22.1 Å². The zero-order valence-corrected chi connectivity index (χ0v) is 12.8. The maximum Gasteiger partial charge on any atom is 0.408 e. The summed E-state index contributed by atoms with van der Waals surface area (Å²) in [6.07, 6.45) is -0.939. The lowest BCUT2D eigenvalue weighted by Crippen LogP contribution is -2.47. The molecule has 0 aliphatic heterocycles. The number of esters is 1. The molecule has 0 fully saturated rings. The Hall–Kier alpha value is -2.13. The molecule has 1 rings (SSSR count). The van der Waals surface area contributed by atoms with E-state index in [9.17, 15) is 18.0 Å². The normalized spacial score (nSPS) is 12.3. The lowest BCUT2D eigenvalue weighted by atomic mass is 10.2. The first-order valence-corrected chi connectivity index (χ1v) is 8.17. The van der Waals surface area contributed by atoms with E-state index in [0.29, 0.717) is 0 Å². The fourth-order valence-electron chi connectivity index (χ4n) is 1.55. The van der Waals surface area contributed by atoms with Crippen LogP contribution in [0, 0.1) is 0 Å². The summed E-state index contributed by atoms with van der Waals surface area (Å²) in [5.74, 6) is -1.67. The van der Waals surface area contributed by atoms with Gasteiger partial charge in [-0.25, -0.2) is 23.1 Å². The van der Waals surface area contributed by atoms with E-state index < -0.39 is 33.9 Å². The van der Waals surface area contributed by atoms with Crippen molar-refractivity contribution in [3.8, 4) is 0 Å². The highest BCUT2D eigenvalue weighted by Gasteiger charge is 2.27. The number of sulfonamides is 1. The molecule has 1 amide bonds. The molecule has 22 heavy (non-hydrogen) atoms. The molecular formula is C13H18N2O6S. The zero-order chi connectivity index (χ0) is 16.6. The molecule has 1 aromatic rings. The highest BCUT2D eigenvalue weighted by Crippen LogP contribution is 2.01.